The number of hydrogen-bond donors (Lipinski definition) is 3. The second-order valence-electron chi connectivity index (χ2n) is 5.19. The van der Waals surface area contributed by atoms with Crippen molar-refractivity contribution in [3.63, 3.8) is 0 Å². The predicted octanol–water partition coefficient (Wildman–Crippen LogP) is 3.83. The van der Waals surface area contributed by atoms with Crippen LogP contribution in [-0.2, 0) is 0 Å². The molecule has 0 radical (unpaired) electrons. The van der Waals surface area contributed by atoms with Crippen LogP contribution in [0.15, 0.2) is 70.9 Å². The van der Waals surface area contributed by atoms with Crippen molar-refractivity contribution in [2.45, 2.75) is 27.7 Å². The quantitative estimate of drug-likeness (QED) is 0.199. The van der Waals surface area contributed by atoms with Gasteiger partial charge >= 0.3 is 0 Å². The Balaban J connectivity index is 4.70. The third kappa shape index (κ3) is 9.90. The number of aliphatic imine (C=N–C) groups is 2. The van der Waals surface area contributed by atoms with E-state index in [1.165, 1.54) is 6.20 Å². The van der Waals surface area contributed by atoms with Crippen LogP contribution in [0, 0.1) is 5.92 Å². The maximum Gasteiger partial charge on any atom is 0.229 e. The number of hydrogen-bond acceptors (Lipinski definition) is 4. The zero-order valence-electron chi connectivity index (χ0n) is 14.6. The number of amidine groups is 1. The van der Waals surface area contributed by atoms with E-state index in [0.717, 1.165) is 23.5 Å². The van der Waals surface area contributed by atoms with Crippen LogP contribution in [0.4, 0.5) is 0 Å². The number of rotatable bonds is 9. The molecule has 1 atom stereocenters. The first kappa shape index (κ1) is 20.4. The summed E-state index contributed by atoms with van der Waals surface area (Å²) in [5.74, 6) is 0.600. The largest absolute Gasteiger partial charge is 0.492 e. The molecule has 0 aliphatic heterocycles. The lowest BCUT2D eigenvalue weighted by Crippen LogP contribution is -2.23. The van der Waals surface area contributed by atoms with Crippen LogP contribution in [-0.4, -0.2) is 23.7 Å². The number of nitrogens with zero attached hydrogens (tertiary/aromatic N) is 2. The Bertz CT molecular complexity index is 553. The molecule has 0 saturated heterocycles. The summed E-state index contributed by atoms with van der Waals surface area (Å²) in [6, 6.07) is 0. The Hall–Kier alpha value is -2.56. The summed E-state index contributed by atoms with van der Waals surface area (Å²) in [5, 5.41) is 16.0. The second kappa shape index (κ2) is 11.1. The molecule has 5 nitrogen and oxygen atoms in total. The Kier molecular flexibility index (Phi) is 9.83. The molecular formula is C18H28N4O. The smallest absolute Gasteiger partial charge is 0.229 e. The zero-order chi connectivity index (χ0) is 17.8. The van der Waals surface area contributed by atoms with Gasteiger partial charge in [-0.3, -0.25) is 0 Å². The number of allylic oxidation sites excluding steroid dienone is 2. The minimum absolute atomic E-state index is 0.173. The van der Waals surface area contributed by atoms with E-state index < -0.39 is 0 Å². The predicted molar refractivity (Wildman–Crippen MR) is 101 cm³/mol. The van der Waals surface area contributed by atoms with Crippen LogP contribution in [0.1, 0.15) is 27.7 Å². The van der Waals surface area contributed by atoms with Crippen LogP contribution in [0.25, 0.3) is 0 Å². The van der Waals surface area contributed by atoms with Gasteiger partial charge in [-0.15, -0.1) is 6.58 Å². The van der Waals surface area contributed by atoms with E-state index in [0.29, 0.717) is 11.8 Å². The van der Waals surface area contributed by atoms with Crippen molar-refractivity contribution in [2.75, 3.05) is 6.54 Å². The Morgan fingerprint density at radius 3 is 2.48 bits per heavy atom. The molecule has 0 aromatic carbocycles. The summed E-state index contributed by atoms with van der Waals surface area (Å²) in [6.45, 7) is 19.6. The fourth-order valence-corrected chi connectivity index (χ4v) is 1.38. The molecule has 0 bridgehead atoms. The van der Waals surface area contributed by atoms with Gasteiger partial charge in [0.2, 0.25) is 5.88 Å². The molecule has 0 spiro atoms. The Labute approximate surface area is 139 Å². The molecule has 0 heterocycles. The average Bonchev–Trinajstić information content (AvgIpc) is 2.50. The minimum Gasteiger partial charge on any atom is -0.492 e. The molecular weight excluding hydrogens is 288 g/mol. The van der Waals surface area contributed by atoms with Gasteiger partial charge in [-0.25, -0.2) is 4.99 Å². The number of nitrogens with one attached hydrogen (secondary N) is 2. The van der Waals surface area contributed by atoms with Gasteiger partial charge in [-0.05, 0) is 32.3 Å². The fraction of sp³-hybridized carbons (Fsp3) is 0.333. The van der Waals surface area contributed by atoms with E-state index >= 15 is 0 Å². The number of aliphatic hydroxyl groups excluding tert-OH is 1. The third-order valence-corrected chi connectivity index (χ3v) is 2.76. The lowest BCUT2D eigenvalue weighted by atomic mass is 10.2. The van der Waals surface area contributed by atoms with Crippen molar-refractivity contribution in [1.82, 2.24) is 10.6 Å². The van der Waals surface area contributed by atoms with E-state index in [1.54, 1.807) is 13.1 Å². The van der Waals surface area contributed by atoms with Crippen LogP contribution in [0.2, 0.25) is 0 Å². The first-order valence-electron chi connectivity index (χ1n) is 7.42. The molecule has 126 valence electrons. The topological polar surface area (TPSA) is 69.0 Å². The molecule has 1 unspecified atom stereocenters. The molecule has 3 N–H and O–H groups in total. The van der Waals surface area contributed by atoms with Crippen LogP contribution < -0.4 is 10.6 Å². The highest BCUT2D eigenvalue weighted by molar-refractivity contribution is 5.92. The van der Waals surface area contributed by atoms with Crippen LogP contribution in [0.3, 0.4) is 0 Å². The van der Waals surface area contributed by atoms with E-state index in [2.05, 4.69) is 47.3 Å². The van der Waals surface area contributed by atoms with Gasteiger partial charge in [0, 0.05) is 12.8 Å². The van der Waals surface area contributed by atoms with Crippen molar-refractivity contribution in [3.05, 3.63) is 60.9 Å². The van der Waals surface area contributed by atoms with Crippen molar-refractivity contribution < 1.29 is 5.11 Å². The summed E-state index contributed by atoms with van der Waals surface area (Å²) in [5.41, 5.74) is 2.30. The van der Waals surface area contributed by atoms with E-state index in [1.807, 2.05) is 26.0 Å². The molecule has 0 fully saturated rings. The Morgan fingerprint density at radius 2 is 1.96 bits per heavy atom. The molecule has 0 aliphatic rings. The highest BCUT2D eigenvalue weighted by atomic mass is 16.3. The molecule has 0 amide bonds. The fourth-order valence-electron chi connectivity index (χ4n) is 1.38. The standard InChI is InChI=1S/C18H28N4O/c1-8-14(5)11-19-15(6)17(9-2)21-12-18(23)22-16(7)20-10-13(3)4/h8-10,12,14,19,21,23H,1,3,6,11H2,2,4-5,7H3/b17-9-,18-12+,20-10?,22-16+. The van der Waals surface area contributed by atoms with Crippen LogP contribution >= 0.6 is 0 Å². The number of aliphatic hydroxyl groups is 1. The third-order valence-electron chi connectivity index (χ3n) is 2.76. The SMILES string of the molecule is C=CC(C)CNC(=C)/C(=C/C)N/C=C(O)\N=C(/C)N=CC(=C)C. The first-order valence-corrected chi connectivity index (χ1v) is 7.42. The molecule has 0 aromatic rings. The summed E-state index contributed by atoms with van der Waals surface area (Å²) in [6.07, 6.45) is 6.70. The average molecular weight is 316 g/mol. The summed E-state index contributed by atoms with van der Waals surface area (Å²) < 4.78 is 0. The van der Waals surface area contributed by atoms with Gasteiger partial charge in [0.25, 0.3) is 0 Å². The van der Waals surface area contributed by atoms with Gasteiger partial charge in [-0.1, -0.05) is 32.2 Å². The summed E-state index contributed by atoms with van der Waals surface area (Å²) >= 11 is 0. The van der Waals surface area contributed by atoms with Gasteiger partial charge in [0.05, 0.1) is 17.6 Å². The first-order chi connectivity index (χ1) is 10.8. The maximum absolute atomic E-state index is 9.79. The van der Waals surface area contributed by atoms with Crippen molar-refractivity contribution in [3.8, 4) is 0 Å². The molecule has 23 heavy (non-hydrogen) atoms. The molecule has 5 heteroatoms. The lowest BCUT2D eigenvalue weighted by Gasteiger charge is -2.15. The van der Waals surface area contributed by atoms with Gasteiger partial charge < -0.3 is 15.7 Å². The Morgan fingerprint density at radius 1 is 1.30 bits per heavy atom. The van der Waals surface area contributed by atoms with E-state index in [-0.39, 0.29) is 5.88 Å². The molecule has 0 aromatic heterocycles. The van der Waals surface area contributed by atoms with Crippen molar-refractivity contribution >= 4 is 12.1 Å². The highest BCUT2D eigenvalue weighted by Gasteiger charge is 2.02. The van der Waals surface area contributed by atoms with Gasteiger partial charge in [0.1, 0.15) is 5.84 Å². The maximum atomic E-state index is 9.79. The zero-order valence-corrected chi connectivity index (χ0v) is 14.6. The molecule has 0 rings (SSSR count). The minimum atomic E-state index is -0.173. The lowest BCUT2D eigenvalue weighted by molar-refractivity contribution is 0.403. The van der Waals surface area contributed by atoms with Gasteiger partial charge in [0.15, 0.2) is 0 Å². The van der Waals surface area contributed by atoms with E-state index in [9.17, 15) is 5.11 Å². The van der Waals surface area contributed by atoms with Crippen molar-refractivity contribution in [2.24, 2.45) is 15.9 Å². The van der Waals surface area contributed by atoms with E-state index in [4.69, 9.17) is 0 Å². The molecule has 0 saturated carbocycles. The molecule has 0 aliphatic carbocycles. The monoisotopic (exact) mass is 316 g/mol. The normalized spacial score (nSPS) is 14.5. The van der Waals surface area contributed by atoms with Crippen molar-refractivity contribution in [1.29, 1.82) is 0 Å². The van der Waals surface area contributed by atoms with Gasteiger partial charge in [-0.2, -0.15) is 4.99 Å². The summed E-state index contributed by atoms with van der Waals surface area (Å²) in [4.78, 5) is 7.99. The highest BCUT2D eigenvalue weighted by Crippen LogP contribution is 2.03. The van der Waals surface area contributed by atoms with Crippen LogP contribution in [0.5, 0.6) is 0 Å². The second-order valence-corrected chi connectivity index (χ2v) is 5.19. The summed E-state index contributed by atoms with van der Waals surface area (Å²) in [7, 11) is 0.